The van der Waals surface area contributed by atoms with Gasteiger partial charge in [-0.15, -0.1) is 0 Å². The topological polar surface area (TPSA) is 26.3 Å². The molecule has 0 bridgehead atoms. The molecule has 0 saturated carbocycles. The molecule has 0 aliphatic heterocycles. The number of hydrogen-bond acceptors (Lipinski definition) is 2. The molecule has 0 aromatic rings. The van der Waals surface area contributed by atoms with E-state index in [0.717, 1.165) is 12.8 Å². The van der Waals surface area contributed by atoms with Crippen molar-refractivity contribution in [1.29, 1.82) is 0 Å². The first kappa shape index (κ1) is 13.5. The number of ether oxygens (including phenoxy) is 1. The summed E-state index contributed by atoms with van der Waals surface area (Å²) < 4.78 is 5.32. The van der Waals surface area contributed by atoms with Crippen LogP contribution >= 0.6 is 0 Å². The van der Waals surface area contributed by atoms with E-state index in [1.165, 1.54) is 0 Å². The van der Waals surface area contributed by atoms with Crippen molar-refractivity contribution in [2.45, 2.75) is 60.5 Å². The molecule has 0 fully saturated rings. The highest BCUT2D eigenvalue weighted by atomic mass is 16.5. The van der Waals surface area contributed by atoms with Gasteiger partial charge in [-0.05, 0) is 32.6 Å². The Morgan fingerprint density at radius 1 is 1.14 bits per heavy atom. The summed E-state index contributed by atoms with van der Waals surface area (Å²) in [4.78, 5) is 12.0. The quantitative estimate of drug-likeness (QED) is 0.636. The van der Waals surface area contributed by atoms with Crippen LogP contribution in [0, 0.1) is 11.3 Å². The normalized spacial score (nSPS) is 12.3. The maximum absolute atomic E-state index is 12.0. The molecule has 2 nitrogen and oxygen atoms in total. The standard InChI is InChI=1S/C12H24O2/c1-7-12(8-2,9(3)4)11(13)14-10(5)6/h9-10H,7-8H2,1-6H3. The molecule has 0 unspecified atom stereocenters. The summed E-state index contributed by atoms with van der Waals surface area (Å²) >= 11 is 0. The lowest BCUT2D eigenvalue weighted by atomic mass is 9.73. The van der Waals surface area contributed by atoms with Gasteiger partial charge >= 0.3 is 5.97 Å². The highest BCUT2D eigenvalue weighted by molar-refractivity contribution is 5.77. The zero-order valence-electron chi connectivity index (χ0n) is 10.4. The Morgan fingerprint density at radius 3 is 1.79 bits per heavy atom. The van der Waals surface area contributed by atoms with E-state index in [1.54, 1.807) is 0 Å². The van der Waals surface area contributed by atoms with Crippen molar-refractivity contribution < 1.29 is 9.53 Å². The Labute approximate surface area is 88.0 Å². The van der Waals surface area contributed by atoms with Crippen molar-refractivity contribution in [3.63, 3.8) is 0 Å². The van der Waals surface area contributed by atoms with Crippen LogP contribution in [0.2, 0.25) is 0 Å². The minimum Gasteiger partial charge on any atom is -0.463 e. The van der Waals surface area contributed by atoms with Crippen LogP contribution in [0.4, 0.5) is 0 Å². The monoisotopic (exact) mass is 200 g/mol. The first-order chi connectivity index (χ1) is 6.40. The van der Waals surface area contributed by atoms with Crippen molar-refractivity contribution in [3.05, 3.63) is 0 Å². The molecule has 0 saturated heterocycles. The van der Waals surface area contributed by atoms with E-state index in [1.807, 2.05) is 13.8 Å². The van der Waals surface area contributed by atoms with Crippen molar-refractivity contribution >= 4 is 5.97 Å². The van der Waals surface area contributed by atoms with Gasteiger partial charge < -0.3 is 4.74 Å². The molecule has 84 valence electrons. The minimum atomic E-state index is -0.287. The number of rotatable bonds is 5. The van der Waals surface area contributed by atoms with Crippen LogP contribution in [0.25, 0.3) is 0 Å². The Bertz CT molecular complexity index is 179. The minimum absolute atomic E-state index is 0.0151. The van der Waals surface area contributed by atoms with Crippen LogP contribution in [0.3, 0.4) is 0 Å². The van der Waals surface area contributed by atoms with Gasteiger partial charge in [0, 0.05) is 0 Å². The van der Waals surface area contributed by atoms with Crippen LogP contribution < -0.4 is 0 Å². The average molecular weight is 200 g/mol. The predicted octanol–water partition coefficient (Wildman–Crippen LogP) is 3.40. The molecule has 0 spiro atoms. The summed E-state index contributed by atoms with van der Waals surface area (Å²) in [5.74, 6) is 0.302. The van der Waals surface area contributed by atoms with Crippen LogP contribution in [0.15, 0.2) is 0 Å². The van der Waals surface area contributed by atoms with Gasteiger partial charge in [0.1, 0.15) is 0 Å². The van der Waals surface area contributed by atoms with Crippen molar-refractivity contribution in [2.75, 3.05) is 0 Å². The van der Waals surface area contributed by atoms with E-state index < -0.39 is 0 Å². The predicted molar refractivity (Wildman–Crippen MR) is 59.1 cm³/mol. The highest BCUT2D eigenvalue weighted by Crippen LogP contribution is 2.36. The Balaban J connectivity index is 4.71. The highest BCUT2D eigenvalue weighted by Gasteiger charge is 2.39. The van der Waals surface area contributed by atoms with Gasteiger partial charge in [0.2, 0.25) is 0 Å². The molecule has 0 aliphatic carbocycles. The first-order valence-electron chi connectivity index (χ1n) is 5.61. The fraction of sp³-hybridized carbons (Fsp3) is 0.917. The maximum Gasteiger partial charge on any atom is 0.312 e. The van der Waals surface area contributed by atoms with Crippen molar-refractivity contribution in [1.82, 2.24) is 0 Å². The lowest BCUT2D eigenvalue weighted by molar-refractivity contribution is -0.163. The van der Waals surface area contributed by atoms with Crippen LogP contribution in [0.5, 0.6) is 0 Å². The Kier molecular flexibility index (Phi) is 5.17. The number of esters is 1. The summed E-state index contributed by atoms with van der Waals surface area (Å²) in [6.45, 7) is 12.1. The third-order valence-corrected chi connectivity index (χ3v) is 3.12. The lowest BCUT2D eigenvalue weighted by Crippen LogP contribution is -2.38. The summed E-state index contributed by atoms with van der Waals surface area (Å²) in [5.41, 5.74) is -0.287. The molecule has 0 heterocycles. The van der Waals surface area contributed by atoms with E-state index in [9.17, 15) is 4.79 Å². The van der Waals surface area contributed by atoms with Gasteiger partial charge in [-0.1, -0.05) is 27.7 Å². The van der Waals surface area contributed by atoms with Crippen LogP contribution in [-0.2, 0) is 9.53 Å². The summed E-state index contributed by atoms with van der Waals surface area (Å²) in [6.07, 6.45) is 1.69. The molecule has 0 rings (SSSR count). The molecule has 0 radical (unpaired) electrons. The van der Waals surface area contributed by atoms with E-state index in [0.29, 0.717) is 5.92 Å². The second kappa shape index (κ2) is 5.38. The average Bonchev–Trinajstić information content (AvgIpc) is 2.05. The zero-order valence-corrected chi connectivity index (χ0v) is 10.4. The van der Waals surface area contributed by atoms with Crippen molar-refractivity contribution in [3.8, 4) is 0 Å². The smallest absolute Gasteiger partial charge is 0.312 e. The SMILES string of the molecule is CCC(CC)(C(=O)OC(C)C)C(C)C. The number of carbonyl (C=O) groups excluding carboxylic acids is 1. The first-order valence-corrected chi connectivity index (χ1v) is 5.61. The molecule has 0 aromatic carbocycles. The van der Waals surface area contributed by atoms with Crippen LogP contribution in [0.1, 0.15) is 54.4 Å². The number of hydrogen-bond donors (Lipinski definition) is 0. The second-order valence-corrected chi connectivity index (χ2v) is 4.47. The van der Waals surface area contributed by atoms with Gasteiger partial charge in [-0.3, -0.25) is 4.79 Å². The molecular formula is C12H24O2. The van der Waals surface area contributed by atoms with Gasteiger partial charge in [-0.25, -0.2) is 0 Å². The van der Waals surface area contributed by atoms with E-state index in [2.05, 4.69) is 27.7 Å². The lowest BCUT2D eigenvalue weighted by Gasteiger charge is -2.33. The van der Waals surface area contributed by atoms with E-state index in [-0.39, 0.29) is 17.5 Å². The molecular weight excluding hydrogens is 176 g/mol. The van der Waals surface area contributed by atoms with Gasteiger partial charge in [0.25, 0.3) is 0 Å². The zero-order chi connectivity index (χ0) is 11.4. The molecule has 2 heteroatoms. The summed E-state index contributed by atoms with van der Waals surface area (Å²) in [6, 6.07) is 0. The molecule has 0 atom stereocenters. The fourth-order valence-corrected chi connectivity index (χ4v) is 1.92. The third kappa shape index (κ3) is 2.73. The third-order valence-electron chi connectivity index (χ3n) is 3.12. The molecule has 14 heavy (non-hydrogen) atoms. The van der Waals surface area contributed by atoms with E-state index >= 15 is 0 Å². The van der Waals surface area contributed by atoms with Gasteiger partial charge in [0.15, 0.2) is 0 Å². The number of carbonyl (C=O) groups is 1. The van der Waals surface area contributed by atoms with Gasteiger partial charge in [-0.2, -0.15) is 0 Å². The fourth-order valence-electron chi connectivity index (χ4n) is 1.92. The second-order valence-electron chi connectivity index (χ2n) is 4.47. The van der Waals surface area contributed by atoms with Gasteiger partial charge in [0.05, 0.1) is 11.5 Å². The van der Waals surface area contributed by atoms with E-state index in [4.69, 9.17) is 4.74 Å². The molecule has 0 aliphatic rings. The Hall–Kier alpha value is -0.530. The maximum atomic E-state index is 12.0. The molecule has 0 amide bonds. The molecule has 0 aromatic heterocycles. The van der Waals surface area contributed by atoms with Crippen LogP contribution in [-0.4, -0.2) is 12.1 Å². The Morgan fingerprint density at radius 2 is 1.57 bits per heavy atom. The van der Waals surface area contributed by atoms with Crippen molar-refractivity contribution in [2.24, 2.45) is 11.3 Å². The summed E-state index contributed by atoms with van der Waals surface area (Å²) in [5, 5.41) is 0. The largest absolute Gasteiger partial charge is 0.463 e. The summed E-state index contributed by atoms with van der Waals surface area (Å²) in [7, 11) is 0. The molecule has 0 N–H and O–H groups in total.